The monoisotopic (exact) mass is 607 g/mol. The van der Waals surface area contributed by atoms with Crippen LogP contribution in [0.5, 0.6) is 0 Å². The van der Waals surface area contributed by atoms with Crippen LogP contribution < -0.4 is 0 Å². The molecule has 1 aromatic carbocycles. The number of fused-ring (bicyclic) bond motifs is 9. The molecular weight excluding hydrogens is 540 g/mol. The van der Waals surface area contributed by atoms with Crippen LogP contribution in [-0.4, -0.2) is 23.6 Å². The van der Waals surface area contributed by atoms with Crippen LogP contribution in [0.3, 0.4) is 0 Å². The predicted octanol–water partition coefficient (Wildman–Crippen LogP) is 10.7. The minimum absolute atomic E-state index is 0.139. The van der Waals surface area contributed by atoms with Crippen LogP contribution in [0, 0.1) is 58.2 Å². The summed E-state index contributed by atoms with van der Waals surface area (Å²) in [7, 11) is 0. The maximum Gasteiger partial charge on any atom is 0.163 e. The van der Waals surface area contributed by atoms with E-state index in [1.54, 1.807) is 0 Å². The molecule has 1 N–H and O–H groups in total. The number of rotatable bonds is 1. The maximum absolute atomic E-state index is 8.63. The Bertz CT molecular complexity index is 1160. The van der Waals surface area contributed by atoms with Crippen molar-refractivity contribution < 1.29 is 14.6 Å². The van der Waals surface area contributed by atoms with Crippen LogP contribution in [-0.2, 0) is 16.1 Å². The first-order valence-corrected chi connectivity index (χ1v) is 18.4. The number of benzene rings is 1. The van der Waals surface area contributed by atoms with Gasteiger partial charge in [-0.05, 0) is 136 Å². The second kappa shape index (κ2) is 12.5. The Balaban J connectivity index is 0.000000299. The van der Waals surface area contributed by atoms with Crippen LogP contribution in [0.4, 0.5) is 0 Å². The average molecular weight is 607 g/mol. The first kappa shape index (κ1) is 34.2. The third-order valence-corrected chi connectivity index (χ3v) is 14.1. The van der Waals surface area contributed by atoms with Gasteiger partial charge in [0.15, 0.2) is 5.79 Å². The van der Waals surface area contributed by atoms with Crippen molar-refractivity contribution in [1.82, 2.24) is 0 Å². The first-order valence-electron chi connectivity index (χ1n) is 18.4. The van der Waals surface area contributed by atoms with Crippen molar-refractivity contribution in [3.63, 3.8) is 0 Å². The largest absolute Gasteiger partial charge is 0.392 e. The van der Waals surface area contributed by atoms with Gasteiger partial charge in [0.1, 0.15) is 0 Å². The molecular formula is C41H66O3. The highest BCUT2D eigenvalue weighted by atomic mass is 16.7. The van der Waals surface area contributed by atoms with E-state index in [1.165, 1.54) is 69.8 Å². The molecule has 0 amide bonds. The summed E-state index contributed by atoms with van der Waals surface area (Å²) >= 11 is 0. The number of hydrogen-bond acceptors (Lipinski definition) is 3. The number of aliphatic hydroxyl groups excluding tert-OH is 1. The molecule has 1 saturated heterocycles. The van der Waals surface area contributed by atoms with E-state index >= 15 is 0 Å². The molecule has 7 rings (SSSR count). The van der Waals surface area contributed by atoms with Crippen molar-refractivity contribution in [2.45, 2.75) is 152 Å². The van der Waals surface area contributed by atoms with Crippen LogP contribution >= 0.6 is 0 Å². The second-order valence-corrected chi connectivity index (χ2v) is 17.4. The molecule has 5 aliphatic carbocycles. The highest BCUT2D eigenvalue weighted by Crippen LogP contribution is 2.73. The van der Waals surface area contributed by atoms with Gasteiger partial charge in [0.2, 0.25) is 0 Å². The maximum atomic E-state index is 8.63. The smallest absolute Gasteiger partial charge is 0.163 e. The summed E-state index contributed by atoms with van der Waals surface area (Å²) in [6.45, 7) is 24.5. The van der Waals surface area contributed by atoms with Gasteiger partial charge in [0.25, 0.3) is 0 Å². The van der Waals surface area contributed by atoms with E-state index in [2.05, 4.69) is 54.5 Å². The van der Waals surface area contributed by atoms with E-state index in [0.29, 0.717) is 33.7 Å². The Labute approximate surface area is 271 Å². The van der Waals surface area contributed by atoms with Crippen molar-refractivity contribution >= 4 is 0 Å². The van der Waals surface area contributed by atoms with Crippen molar-refractivity contribution in [2.24, 2.45) is 51.2 Å². The Morgan fingerprint density at radius 2 is 1.52 bits per heavy atom. The molecule has 1 aromatic rings. The zero-order chi connectivity index (χ0) is 32.1. The Kier molecular flexibility index (Phi) is 9.68. The van der Waals surface area contributed by atoms with Crippen molar-refractivity contribution in [3.05, 3.63) is 47.0 Å². The van der Waals surface area contributed by atoms with Gasteiger partial charge < -0.3 is 14.6 Å². The quantitative estimate of drug-likeness (QED) is 0.323. The first-order chi connectivity index (χ1) is 20.7. The molecule has 5 fully saturated rings. The standard InChI is InChI=1S/C31H50O2.C8H10O.C2H6/c1-27(2)14-10-20-11-16-30(6)24(21(20)18-27)8-9-26-29(5)15-13-25-22(19-32-28(3,4)33-25)23(29)12-17-31(26,30)7;1-7-2-4-8(6-9)5-3-7;1-2/h8,20-23,25-26H,9-19H2,1-7H3;2-5,9H,6H2,1H3;1-2H3/t20?,21?,22?,23?,25?,26?,29?,30-,31?;;/m1../s1. The lowest BCUT2D eigenvalue weighted by Crippen LogP contribution is -2.64. The minimum atomic E-state index is -0.402. The van der Waals surface area contributed by atoms with E-state index in [1.807, 2.05) is 50.6 Å². The average Bonchev–Trinajstić information content (AvgIpc) is 2.98. The summed E-state index contributed by atoms with van der Waals surface area (Å²) in [5, 5.41) is 8.63. The third-order valence-electron chi connectivity index (χ3n) is 14.1. The van der Waals surface area contributed by atoms with Gasteiger partial charge in [-0.3, -0.25) is 0 Å². The molecule has 8 unspecified atom stereocenters. The molecule has 9 atom stereocenters. The molecule has 0 spiro atoms. The van der Waals surface area contributed by atoms with E-state index in [-0.39, 0.29) is 6.61 Å². The van der Waals surface area contributed by atoms with Crippen LogP contribution in [0.1, 0.15) is 138 Å². The molecule has 6 aliphatic rings. The van der Waals surface area contributed by atoms with E-state index in [4.69, 9.17) is 14.6 Å². The van der Waals surface area contributed by atoms with Crippen molar-refractivity contribution in [2.75, 3.05) is 6.61 Å². The van der Waals surface area contributed by atoms with Gasteiger partial charge in [-0.15, -0.1) is 0 Å². The summed E-state index contributed by atoms with van der Waals surface area (Å²) in [4.78, 5) is 0. The fourth-order valence-electron chi connectivity index (χ4n) is 11.5. The molecule has 4 saturated carbocycles. The Morgan fingerprint density at radius 3 is 2.20 bits per heavy atom. The number of aliphatic hydroxyl groups is 1. The van der Waals surface area contributed by atoms with Gasteiger partial charge in [-0.1, -0.05) is 89.9 Å². The molecule has 3 nitrogen and oxygen atoms in total. The van der Waals surface area contributed by atoms with Gasteiger partial charge in [-0.2, -0.15) is 0 Å². The molecule has 248 valence electrons. The molecule has 0 aromatic heterocycles. The normalized spacial score (nSPS) is 43.0. The van der Waals surface area contributed by atoms with Crippen LogP contribution in [0.15, 0.2) is 35.9 Å². The lowest BCUT2D eigenvalue weighted by atomic mass is 9.35. The summed E-state index contributed by atoms with van der Waals surface area (Å²) in [5.41, 5.74) is 5.90. The number of allylic oxidation sites excluding steroid dienone is 2. The number of ether oxygens (including phenoxy) is 2. The van der Waals surface area contributed by atoms with Gasteiger partial charge in [0, 0.05) is 5.92 Å². The zero-order valence-corrected chi connectivity index (χ0v) is 30.1. The SMILES string of the molecule is CC.CC1(C)CCC2CC[C@]3(C)C(=CCC4C5(C)CCC6OC(C)(C)OCC6C5CCC43C)C2C1.Cc1ccc(CO)cc1. The molecule has 1 heterocycles. The molecule has 0 radical (unpaired) electrons. The molecule has 3 heteroatoms. The lowest BCUT2D eigenvalue weighted by molar-refractivity contribution is -0.322. The van der Waals surface area contributed by atoms with Crippen molar-refractivity contribution in [3.8, 4) is 0 Å². The Hall–Kier alpha value is -1.16. The summed E-state index contributed by atoms with van der Waals surface area (Å²) in [5.74, 6) is 3.57. The minimum Gasteiger partial charge on any atom is -0.392 e. The summed E-state index contributed by atoms with van der Waals surface area (Å²) in [6.07, 6.45) is 17.1. The van der Waals surface area contributed by atoms with E-state index in [9.17, 15) is 0 Å². The fourth-order valence-corrected chi connectivity index (χ4v) is 11.5. The van der Waals surface area contributed by atoms with Gasteiger partial charge in [-0.25, -0.2) is 0 Å². The summed E-state index contributed by atoms with van der Waals surface area (Å²) in [6, 6.07) is 7.84. The topological polar surface area (TPSA) is 38.7 Å². The molecule has 0 bridgehead atoms. The van der Waals surface area contributed by atoms with Crippen LogP contribution in [0.25, 0.3) is 0 Å². The predicted molar refractivity (Wildman–Crippen MR) is 183 cm³/mol. The number of aryl methyl sites for hydroxylation is 1. The Morgan fingerprint density at radius 1 is 0.841 bits per heavy atom. The fraction of sp³-hybridized carbons (Fsp3) is 0.805. The molecule has 44 heavy (non-hydrogen) atoms. The second-order valence-electron chi connectivity index (χ2n) is 17.4. The van der Waals surface area contributed by atoms with Gasteiger partial charge >= 0.3 is 0 Å². The third kappa shape index (κ3) is 5.90. The highest BCUT2D eigenvalue weighted by Gasteiger charge is 2.66. The lowest BCUT2D eigenvalue weighted by Gasteiger charge is -2.70. The zero-order valence-electron chi connectivity index (χ0n) is 30.1. The summed E-state index contributed by atoms with van der Waals surface area (Å²) < 4.78 is 12.7. The van der Waals surface area contributed by atoms with Crippen LogP contribution in [0.2, 0.25) is 0 Å². The highest BCUT2D eigenvalue weighted by molar-refractivity contribution is 5.32. The van der Waals surface area contributed by atoms with Crippen molar-refractivity contribution in [1.29, 1.82) is 0 Å². The molecule has 1 aliphatic heterocycles. The van der Waals surface area contributed by atoms with Gasteiger partial charge in [0.05, 0.1) is 19.3 Å². The van der Waals surface area contributed by atoms with E-state index in [0.717, 1.165) is 35.8 Å². The number of hydrogen-bond donors (Lipinski definition) is 1. The van der Waals surface area contributed by atoms with E-state index < -0.39 is 5.79 Å².